The van der Waals surface area contributed by atoms with Crippen LogP contribution >= 0.6 is 0 Å². The molecule has 0 spiro atoms. The number of hydrogen-bond acceptors (Lipinski definition) is 4. The van der Waals surface area contributed by atoms with Crippen molar-refractivity contribution in [2.75, 3.05) is 25.0 Å². The second-order valence-corrected chi connectivity index (χ2v) is 3.67. The second-order valence-electron chi connectivity index (χ2n) is 3.67. The first kappa shape index (κ1) is 14.5. The lowest BCUT2D eigenvalue weighted by Gasteiger charge is -2.18. The summed E-state index contributed by atoms with van der Waals surface area (Å²) in [4.78, 5) is 13.3. The molecule has 0 heterocycles. The van der Waals surface area contributed by atoms with Gasteiger partial charge < -0.3 is 10.2 Å². The average Bonchev–Trinajstić information content (AvgIpc) is 2.40. The Morgan fingerprint density at radius 1 is 1.37 bits per heavy atom. The minimum absolute atomic E-state index is 0.0934. The molecule has 0 unspecified atom stereocenters. The molecule has 98 valence electrons. The fraction of sp³-hybridized carbons (Fsp3) is 0.308. The molecule has 0 aromatic heterocycles. The number of para-hydroxylation sites is 1. The van der Waals surface area contributed by atoms with E-state index >= 15 is 0 Å². The van der Waals surface area contributed by atoms with E-state index in [1.54, 1.807) is 6.92 Å². The summed E-state index contributed by atoms with van der Waals surface area (Å²) >= 11 is 0. The Morgan fingerprint density at radius 3 is 2.53 bits per heavy atom. The number of amides is 1. The zero-order chi connectivity index (χ0) is 14.3. The Labute approximate surface area is 110 Å². The van der Waals surface area contributed by atoms with Crippen molar-refractivity contribution < 1.29 is 9.18 Å². The monoisotopic (exact) mass is 260 g/mol. The number of nitriles is 2. The van der Waals surface area contributed by atoms with E-state index in [1.807, 2.05) is 12.1 Å². The van der Waals surface area contributed by atoms with E-state index in [-0.39, 0.29) is 24.3 Å². The van der Waals surface area contributed by atoms with Crippen LogP contribution in [0.2, 0.25) is 0 Å². The first-order valence-corrected chi connectivity index (χ1v) is 5.71. The third kappa shape index (κ3) is 3.43. The molecular weight excluding hydrogens is 247 g/mol. The maximum Gasteiger partial charge on any atom is 0.257 e. The molecule has 1 N–H and O–H groups in total. The molecule has 0 bridgehead atoms. The van der Waals surface area contributed by atoms with Gasteiger partial charge in [-0.05, 0) is 19.1 Å². The molecule has 0 radical (unpaired) electrons. The summed E-state index contributed by atoms with van der Waals surface area (Å²) in [5, 5.41) is 20.1. The first-order chi connectivity index (χ1) is 9.15. The van der Waals surface area contributed by atoms with Crippen molar-refractivity contribution in [2.45, 2.75) is 6.92 Å². The molecular formula is C13H13FN4O. The average molecular weight is 260 g/mol. The van der Waals surface area contributed by atoms with Gasteiger partial charge in [0, 0.05) is 6.54 Å². The van der Waals surface area contributed by atoms with Crippen LogP contribution in [0.5, 0.6) is 0 Å². The zero-order valence-corrected chi connectivity index (χ0v) is 10.5. The van der Waals surface area contributed by atoms with E-state index in [9.17, 15) is 9.18 Å². The van der Waals surface area contributed by atoms with Crippen LogP contribution < -0.4 is 5.32 Å². The summed E-state index contributed by atoms with van der Waals surface area (Å²) in [6, 6.07) is 7.74. The number of nitrogens with zero attached hydrogens (tertiary/aromatic N) is 3. The van der Waals surface area contributed by atoms with Gasteiger partial charge in [-0.15, -0.1) is 0 Å². The number of nitrogens with one attached hydrogen (secondary N) is 1. The third-order valence-electron chi connectivity index (χ3n) is 2.41. The van der Waals surface area contributed by atoms with Crippen molar-refractivity contribution >= 4 is 11.6 Å². The molecule has 5 nitrogen and oxygen atoms in total. The summed E-state index contributed by atoms with van der Waals surface area (Å²) in [5.41, 5.74) is 0.211. The highest BCUT2D eigenvalue weighted by Gasteiger charge is 2.20. The van der Waals surface area contributed by atoms with Gasteiger partial charge in [0.05, 0.1) is 23.4 Å². The highest BCUT2D eigenvalue weighted by Crippen LogP contribution is 2.21. The largest absolute Gasteiger partial charge is 0.382 e. The Kier molecular flexibility index (Phi) is 5.31. The molecule has 0 saturated carbocycles. The Bertz CT molecular complexity index is 529. The van der Waals surface area contributed by atoms with Crippen LogP contribution in [0.1, 0.15) is 17.3 Å². The van der Waals surface area contributed by atoms with E-state index in [0.29, 0.717) is 6.54 Å². The van der Waals surface area contributed by atoms with E-state index in [0.717, 1.165) is 4.90 Å². The maximum atomic E-state index is 13.7. The van der Waals surface area contributed by atoms with Gasteiger partial charge in [0.25, 0.3) is 5.91 Å². The van der Waals surface area contributed by atoms with Gasteiger partial charge in [-0.25, -0.2) is 4.39 Å². The number of anilines is 1. The van der Waals surface area contributed by atoms with Gasteiger partial charge in [0.1, 0.15) is 18.9 Å². The SMILES string of the molecule is CCNc1c(F)cccc1C(=O)N(CC#N)CC#N. The summed E-state index contributed by atoms with van der Waals surface area (Å²) in [6.07, 6.45) is 0. The first-order valence-electron chi connectivity index (χ1n) is 5.71. The smallest absolute Gasteiger partial charge is 0.257 e. The van der Waals surface area contributed by atoms with Crippen molar-refractivity contribution in [3.63, 3.8) is 0 Å². The predicted octanol–water partition coefficient (Wildman–Crippen LogP) is 1.75. The quantitative estimate of drug-likeness (QED) is 0.818. The minimum atomic E-state index is -0.543. The van der Waals surface area contributed by atoms with Crippen LogP contribution in [-0.4, -0.2) is 30.4 Å². The summed E-state index contributed by atoms with van der Waals surface area (Å²) in [5.74, 6) is -1.08. The minimum Gasteiger partial charge on any atom is -0.382 e. The van der Waals surface area contributed by atoms with E-state index in [2.05, 4.69) is 5.32 Å². The molecule has 19 heavy (non-hydrogen) atoms. The van der Waals surface area contributed by atoms with E-state index < -0.39 is 11.7 Å². The molecule has 0 atom stereocenters. The normalized spacial score (nSPS) is 9.26. The third-order valence-corrected chi connectivity index (χ3v) is 2.41. The lowest BCUT2D eigenvalue weighted by atomic mass is 10.1. The lowest BCUT2D eigenvalue weighted by molar-refractivity contribution is 0.0795. The number of carbonyl (C=O) groups excluding carboxylic acids is 1. The Hall–Kier alpha value is -2.60. The van der Waals surface area contributed by atoms with Crippen molar-refractivity contribution in [3.8, 4) is 12.1 Å². The van der Waals surface area contributed by atoms with Crippen LogP contribution in [0.4, 0.5) is 10.1 Å². The fourth-order valence-corrected chi connectivity index (χ4v) is 1.60. The van der Waals surface area contributed by atoms with Gasteiger partial charge in [-0.1, -0.05) is 6.07 Å². The molecule has 1 aromatic rings. The van der Waals surface area contributed by atoms with Gasteiger partial charge in [-0.3, -0.25) is 4.79 Å². The number of carbonyl (C=O) groups is 1. The predicted molar refractivity (Wildman–Crippen MR) is 67.7 cm³/mol. The molecule has 0 aliphatic heterocycles. The molecule has 0 aliphatic rings. The molecule has 0 fully saturated rings. The zero-order valence-electron chi connectivity index (χ0n) is 10.5. The fourth-order valence-electron chi connectivity index (χ4n) is 1.60. The summed E-state index contributed by atoms with van der Waals surface area (Å²) in [7, 11) is 0. The van der Waals surface area contributed by atoms with Crippen molar-refractivity contribution in [1.82, 2.24) is 4.90 Å². The topological polar surface area (TPSA) is 79.9 Å². The van der Waals surface area contributed by atoms with Crippen LogP contribution in [0.3, 0.4) is 0 Å². The Morgan fingerprint density at radius 2 is 2.00 bits per heavy atom. The van der Waals surface area contributed by atoms with Gasteiger partial charge >= 0.3 is 0 Å². The highest BCUT2D eigenvalue weighted by molar-refractivity contribution is 6.00. The van der Waals surface area contributed by atoms with E-state index in [4.69, 9.17) is 10.5 Å². The van der Waals surface area contributed by atoms with Crippen molar-refractivity contribution in [1.29, 1.82) is 10.5 Å². The number of rotatable bonds is 5. The molecule has 1 rings (SSSR count). The second kappa shape index (κ2) is 6.97. The number of halogens is 1. The lowest BCUT2D eigenvalue weighted by Crippen LogP contribution is -2.32. The molecule has 1 aromatic carbocycles. The summed E-state index contributed by atoms with van der Waals surface area (Å²) in [6.45, 7) is 1.81. The standard InChI is InChI=1S/C13H13FN4O/c1-2-17-12-10(4-3-5-11(12)14)13(19)18(8-6-15)9-7-16/h3-5,17H,2,8-9H2,1H3. The van der Waals surface area contributed by atoms with Crippen LogP contribution in [0.25, 0.3) is 0 Å². The number of benzene rings is 1. The van der Waals surface area contributed by atoms with Crippen molar-refractivity contribution in [2.24, 2.45) is 0 Å². The molecule has 0 saturated heterocycles. The molecule has 1 amide bonds. The van der Waals surface area contributed by atoms with E-state index in [1.165, 1.54) is 18.2 Å². The van der Waals surface area contributed by atoms with Crippen LogP contribution in [0.15, 0.2) is 18.2 Å². The van der Waals surface area contributed by atoms with Gasteiger partial charge in [0.15, 0.2) is 0 Å². The van der Waals surface area contributed by atoms with Crippen LogP contribution in [0, 0.1) is 28.5 Å². The summed E-state index contributed by atoms with van der Waals surface area (Å²) < 4.78 is 13.7. The molecule has 6 heteroatoms. The van der Waals surface area contributed by atoms with Gasteiger partial charge in [-0.2, -0.15) is 10.5 Å². The molecule has 0 aliphatic carbocycles. The van der Waals surface area contributed by atoms with Crippen molar-refractivity contribution in [3.05, 3.63) is 29.6 Å². The van der Waals surface area contributed by atoms with Crippen LogP contribution in [-0.2, 0) is 0 Å². The highest BCUT2D eigenvalue weighted by atomic mass is 19.1. The number of hydrogen-bond donors (Lipinski definition) is 1. The Balaban J connectivity index is 3.14. The van der Waals surface area contributed by atoms with Gasteiger partial charge in [0.2, 0.25) is 0 Å². The maximum absolute atomic E-state index is 13.7.